The van der Waals surface area contributed by atoms with Crippen molar-refractivity contribution >= 4 is 34.3 Å². The van der Waals surface area contributed by atoms with Gasteiger partial charge in [-0.05, 0) is 51.2 Å². The molecule has 33 heavy (non-hydrogen) atoms. The Bertz CT molecular complexity index is 1160. The zero-order valence-electron chi connectivity index (χ0n) is 18.8. The van der Waals surface area contributed by atoms with E-state index in [2.05, 4.69) is 36.8 Å². The number of hydrogen-bond donors (Lipinski definition) is 3. The lowest BCUT2D eigenvalue weighted by atomic mass is 9.96. The highest BCUT2D eigenvalue weighted by molar-refractivity contribution is 5.91. The van der Waals surface area contributed by atoms with Crippen molar-refractivity contribution in [2.24, 2.45) is 0 Å². The Balaban J connectivity index is 1.20. The number of pyridine rings is 2. The Morgan fingerprint density at radius 1 is 1.18 bits per heavy atom. The molecule has 3 N–H and O–H groups in total. The van der Waals surface area contributed by atoms with Crippen molar-refractivity contribution in [2.45, 2.75) is 69.7 Å². The topological polar surface area (TPSA) is 108 Å². The number of hydrogen-bond acceptors (Lipinski definition) is 8. The van der Waals surface area contributed by atoms with E-state index < -0.39 is 0 Å². The third-order valence-electron chi connectivity index (χ3n) is 7.17. The van der Waals surface area contributed by atoms with Crippen molar-refractivity contribution < 1.29 is 9.53 Å². The maximum atomic E-state index is 11.5. The average Bonchev–Trinajstić information content (AvgIpc) is 3.46. The minimum absolute atomic E-state index is 0.0473. The fourth-order valence-corrected chi connectivity index (χ4v) is 5.69. The molecule has 0 saturated carbocycles. The van der Waals surface area contributed by atoms with E-state index in [9.17, 15) is 4.79 Å². The molecule has 0 aliphatic carbocycles. The van der Waals surface area contributed by atoms with E-state index >= 15 is 0 Å². The van der Waals surface area contributed by atoms with Gasteiger partial charge in [-0.3, -0.25) is 19.8 Å². The molecule has 3 aromatic heterocycles. The number of piperidine rings is 1. The third kappa shape index (κ3) is 4.13. The van der Waals surface area contributed by atoms with Crippen LogP contribution in [0.4, 0.5) is 17.5 Å². The number of nitrogens with zero attached hydrogens (tertiary/aromatic N) is 4. The van der Waals surface area contributed by atoms with Gasteiger partial charge in [-0.25, -0.2) is 4.98 Å². The highest BCUT2D eigenvalue weighted by Gasteiger charge is 2.42. The van der Waals surface area contributed by atoms with Gasteiger partial charge in [0.05, 0.1) is 5.52 Å². The Morgan fingerprint density at radius 2 is 2.03 bits per heavy atom. The third-order valence-corrected chi connectivity index (χ3v) is 7.17. The SMILES string of the molecule is Cc1cc(Nc2cc3ncccc3c(NC3C[C@H]4CC[C@@H](C3)N4C[C@H]3CCC(=O)O3)n2)n[nH]1. The number of cyclic esters (lactones) is 1. The van der Waals surface area contributed by atoms with Crippen LogP contribution in [0.15, 0.2) is 30.5 Å². The van der Waals surface area contributed by atoms with E-state index in [1.54, 1.807) is 0 Å². The van der Waals surface area contributed by atoms with Gasteiger partial charge >= 0.3 is 5.97 Å². The number of aryl methyl sites for hydroxylation is 1. The maximum Gasteiger partial charge on any atom is 0.306 e. The maximum absolute atomic E-state index is 11.5. The quantitative estimate of drug-likeness (QED) is 0.493. The van der Waals surface area contributed by atoms with Crippen LogP contribution in [0.2, 0.25) is 0 Å². The summed E-state index contributed by atoms with van der Waals surface area (Å²) in [4.78, 5) is 23.6. The summed E-state index contributed by atoms with van der Waals surface area (Å²) >= 11 is 0. The molecule has 0 radical (unpaired) electrons. The molecule has 0 aromatic carbocycles. The molecule has 172 valence electrons. The summed E-state index contributed by atoms with van der Waals surface area (Å²) in [7, 11) is 0. The Kier molecular flexibility index (Phi) is 5.13. The number of nitrogens with one attached hydrogen (secondary N) is 3. The Morgan fingerprint density at radius 3 is 2.76 bits per heavy atom. The molecule has 3 aliphatic heterocycles. The van der Waals surface area contributed by atoms with Gasteiger partial charge in [0, 0.05) is 60.5 Å². The Hall–Kier alpha value is -3.20. The standard InChI is InChI=1S/C24H29N7O2/c1-14-9-22(30-29-14)27-21-12-20-19(3-2-8-25-20)24(28-21)26-15-10-16-4-5-17(11-15)31(16)13-18-6-7-23(32)33-18/h2-3,8-9,12,15-18H,4-7,10-11,13H2,1H3,(H3,26,27,28,29,30)/t15?,16-,17+,18-/m1/s1. The van der Waals surface area contributed by atoms with Gasteiger partial charge < -0.3 is 15.4 Å². The fraction of sp³-hybridized carbons (Fsp3) is 0.500. The smallest absolute Gasteiger partial charge is 0.306 e. The van der Waals surface area contributed by atoms with E-state index in [-0.39, 0.29) is 12.1 Å². The van der Waals surface area contributed by atoms with Crippen LogP contribution < -0.4 is 10.6 Å². The lowest BCUT2D eigenvalue weighted by Crippen LogP contribution is -2.49. The first-order valence-electron chi connectivity index (χ1n) is 11.9. The number of carbonyl (C=O) groups excluding carboxylic acids is 1. The number of fused-ring (bicyclic) bond motifs is 3. The van der Waals surface area contributed by atoms with Crippen molar-refractivity contribution in [3.05, 3.63) is 36.2 Å². The zero-order chi connectivity index (χ0) is 22.4. The summed E-state index contributed by atoms with van der Waals surface area (Å²) in [6.07, 6.45) is 7.84. The lowest BCUT2D eigenvalue weighted by molar-refractivity contribution is -0.142. The highest BCUT2D eigenvalue weighted by atomic mass is 16.5. The monoisotopic (exact) mass is 447 g/mol. The second-order valence-electron chi connectivity index (χ2n) is 9.53. The van der Waals surface area contributed by atoms with Gasteiger partial charge in [-0.15, -0.1) is 0 Å². The molecule has 0 spiro atoms. The summed E-state index contributed by atoms with van der Waals surface area (Å²) in [5, 5.41) is 15.3. The lowest BCUT2D eigenvalue weighted by Gasteiger charge is -2.40. The number of ether oxygens (including phenoxy) is 1. The minimum Gasteiger partial charge on any atom is -0.461 e. The summed E-state index contributed by atoms with van der Waals surface area (Å²) < 4.78 is 5.50. The molecule has 3 aromatic rings. The summed E-state index contributed by atoms with van der Waals surface area (Å²) in [6, 6.07) is 9.33. The van der Waals surface area contributed by atoms with E-state index in [1.165, 1.54) is 12.8 Å². The first-order chi connectivity index (χ1) is 16.1. The van der Waals surface area contributed by atoms with Crippen LogP contribution >= 0.6 is 0 Å². The number of aromatic amines is 1. The van der Waals surface area contributed by atoms with Crippen LogP contribution in [0, 0.1) is 6.92 Å². The highest BCUT2D eigenvalue weighted by Crippen LogP contribution is 2.38. The molecule has 3 fully saturated rings. The molecule has 9 heteroatoms. The number of esters is 1. The van der Waals surface area contributed by atoms with Gasteiger partial charge in [0.1, 0.15) is 17.7 Å². The number of H-pyrrole nitrogens is 1. The predicted molar refractivity (Wildman–Crippen MR) is 125 cm³/mol. The molecule has 0 amide bonds. The number of anilines is 3. The fourth-order valence-electron chi connectivity index (χ4n) is 5.69. The van der Waals surface area contributed by atoms with E-state index in [4.69, 9.17) is 9.72 Å². The van der Waals surface area contributed by atoms with Crippen molar-refractivity contribution in [1.82, 2.24) is 25.1 Å². The van der Waals surface area contributed by atoms with Crippen LogP contribution in [0.5, 0.6) is 0 Å². The molecule has 2 bridgehead atoms. The average molecular weight is 448 g/mol. The van der Waals surface area contributed by atoms with Gasteiger partial charge in [0.15, 0.2) is 5.82 Å². The molecule has 4 atom stereocenters. The minimum atomic E-state index is -0.0473. The summed E-state index contributed by atoms with van der Waals surface area (Å²) in [5.74, 6) is 2.27. The number of rotatable bonds is 6. The van der Waals surface area contributed by atoms with Crippen LogP contribution in [-0.4, -0.2) is 61.8 Å². The second kappa shape index (κ2) is 8.30. The number of aromatic nitrogens is 4. The van der Waals surface area contributed by atoms with E-state index in [0.717, 1.165) is 59.9 Å². The molecule has 1 unspecified atom stereocenters. The first-order valence-corrected chi connectivity index (χ1v) is 11.9. The van der Waals surface area contributed by atoms with Gasteiger partial charge in [0.2, 0.25) is 0 Å². The molecule has 3 saturated heterocycles. The van der Waals surface area contributed by atoms with Crippen LogP contribution in [0.25, 0.3) is 10.9 Å². The predicted octanol–water partition coefficient (Wildman–Crippen LogP) is 3.52. The van der Waals surface area contributed by atoms with Crippen molar-refractivity contribution in [2.75, 3.05) is 17.2 Å². The van der Waals surface area contributed by atoms with E-state index in [0.29, 0.717) is 24.5 Å². The normalized spacial score (nSPS) is 27.1. The van der Waals surface area contributed by atoms with Gasteiger partial charge in [0.25, 0.3) is 0 Å². The van der Waals surface area contributed by atoms with Crippen molar-refractivity contribution in [3.8, 4) is 0 Å². The largest absolute Gasteiger partial charge is 0.461 e. The zero-order valence-corrected chi connectivity index (χ0v) is 18.8. The summed E-state index contributed by atoms with van der Waals surface area (Å²) in [5.41, 5.74) is 1.89. The molecule has 9 nitrogen and oxygen atoms in total. The van der Waals surface area contributed by atoms with Gasteiger partial charge in [-0.2, -0.15) is 5.10 Å². The van der Waals surface area contributed by atoms with Crippen LogP contribution in [0.1, 0.15) is 44.2 Å². The molecule has 6 heterocycles. The molecule has 6 rings (SSSR count). The van der Waals surface area contributed by atoms with E-state index in [1.807, 2.05) is 31.3 Å². The summed E-state index contributed by atoms with van der Waals surface area (Å²) in [6.45, 7) is 2.85. The van der Waals surface area contributed by atoms with Gasteiger partial charge in [-0.1, -0.05) is 0 Å². The van der Waals surface area contributed by atoms with Crippen molar-refractivity contribution in [3.63, 3.8) is 0 Å². The molecular formula is C24H29N7O2. The molecule has 3 aliphatic rings. The second-order valence-corrected chi connectivity index (χ2v) is 9.53. The van der Waals surface area contributed by atoms with Crippen molar-refractivity contribution in [1.29, 1.82) is 0 Å². The van der Waals surface area contributed by atoms with Crippen LogP contribution in [0.3, 0.4) is 0 Å². The Labute approximate surface area is 192 Å². The number of carbonyl (C=O) groups is 1. The van der Waals surface area contributed by atoms with Crippen LogP contribution in [-0.2, 0) is 9.53 Å². The molecular weight excluding hydrogens is 418 g/mol. The first kappa shape index (κ1) is 20.4.